The molecule has 0 bridgehead atoms. The van der Waals surface area contributed by atoms with Crippen molar-refractivity contribution in [1.82, 2.24) is 0 Å². The van der Waals surface area contributed by atoms with Crippen molar-refractivity contribution < 1.29 is 27.5 Å². The van der Waals surface area contributed by atoms with Crippen LogP contribution in [0.25, 0.3) is 0 Å². The number of carbonyl (C=O) groups is 2. The van der Waals surface area contributed by atoms with Crippen LogP contribution >= 0.6 is 0 Å². The van der Waals surface area contributed by atoms with Crippen LogP contribution in [0.2, 0.25) is 0 Å². The minimum absolute atomic E-state index is 0.00919. The molecule has 0 aliphatic rings. The lowest BCUT2D eigenvalue weighted by molar-refractivity contribution is 0.0555. The zero-order valence-corrected chi connectivity index (χ0v) is 16.6. The molecule has 0 aliphatic heterocycles. The third-order valence-corrected chi connectivity index (χ3v) is 6.10. The third kappa shape index (κ3) is 3.95. The van der Waals surface area contributed by atoms with Crippen LogP contribution in [0, 0.1) is 13.8 Å². The predicted molar refractivity (Wildman–Crippen MR) is 101 cm³/mol. The molecule has 2 aromatic rings. The van der Waals surface area contributed by atoms with Crippen molar-refractivity contribution in [2.75, 3.05) is 25.6 Å². The molecule has 0 amide bonds. The average Bonchev–Trinajstić information content (AvgIpc) is 2.67. The summed E-state index contributed by atoms with van der Waals surface area (Å²) < 4.78 is 36.3. The molecule has 0 unspecified atom stereocenters. The maximum absolute atomic E-state index is 12.9. The summed E-state index contributed by atoms with van der Waals surface area (Å²) in [6, 6.07) is 8.90. The molecular weight excluding hydrogens is 370 g/mol. The van der Waals surface area contributed by atoms with Crippen LogP contribution in [0.4, 0.5) is 5.69 Å². The van der Waals surface area contributed by atoms with Crippen LogP contribution in [0.3, 0.4) is 0 Å². The minimum Gasteiger partial charge on any atom is -0.465 e. The summed E-state index contributed by atoms with van der Waals surface area (Å²) in [4.78, 5) is 24.0. The molecule has 0 aromatic heterocycles. The van der Waals surface area contributed by atoms with E-state index in [-0.39, 0.29) is 21.7 Å². The second kappa shape index (κ2) is 7.79. The van der Waals surface area contributed by atoms with Gasteiger partial charge in [0.1, 0.15) is 0 Å². The standard InChI is InChI=1S/C19H21NO6S/c1-12-6-8-15(10-13(12)2)27(23,24)20(3)14-7-9-16(18(21)25-4)17(11-14)19(22)26-5/h6-11H,1-5H3. The zero-order chi connectivity index (χ0) is 20.4. The second-order valence-corrected chi connectivity index (χ2v) is 7.90. The SMILES string of the molecule is COC(=O)c1ccc(N(C)S(=O)(=O)c2ccc(C)c(C)c2)cc1C(=O)OC. The van der Waals surface area contributed by atoms with Crippen LogP contribution < -0.4 is 4.31 Å². The van der Waals surface area contributed by atoms with Crippen LogP contribution in [-0.2, 0) is 19.5 Å². The molecular formula is C19H21NO6S. The minimum atomic E-state index is -3.85. The number of hydrogen-bond acceptors (Lipinski definition) is 6. The molecule has 0 spiro atoms. The summed E-state index contributed by atoms with van der Waals surface area (Å²) in [5.41, 5.74) is 1.95. The molecule has 0 radical (unpaired) electrons. The fourth-order valence-electron chi connectivity index (χ4n) is 2.47. The highest BCUT2D eigenvalue weighted by Crippen LogP contribution is 2.26. The van der Waals surface area contributed by atoms with E-state index < -0.39 is 22.0 Å². The summed E-state index contributed by atoms with van der Waals surface area (Å²) >= 11 is 0. The number of esters is 2. The van der Waals surface area contributed by atoms with E-state index in [1.807, 2.05) is 13.8 Å². The van der Waals surface area contributed by atoms with Crippen molar-refractivity contribution in [3.8, 4) is 0 Å². The molecule has 27 heavy (non-hydrogen) atoms. The summed E-state index contributed by atoms with van der Waals surface area (Å²) in [6.07, 6.45) is 0. The van der Waals surface area contributed by atoms with E-state index in [9.17, 15) is 18.0 Å². The van der Waals surface area contributed by atoms with E-state index in [0.29, 0.717) is 0 Å². The highest BCUT2D eigenvalue weighted by Gasteiger charge is 2.25. The lowest BCUT2D eigenvalue weighted by atomic mass is 10.1. The number of methoxy groups -OCH3 is 2. The fourth-order valence-corrected chi connectivity index (χ4v) is 3.74. The first-order chi connectivity index (χ1) is 12.6. The number of carbonyl (C=O) groups excluding carboxylic acids is 2. The van der Waals surface area contributed by atoms with E-state index in [1.54, 1.807) is 12.1 Å². The summed E-state index contributed by atoms with van der Waals surface area (Å²) in [5, 5.41) is 0. The van der Waals surface area contributed by atoms with Crippen molar-refractivity contribution in [3.63, 3.8) is 0 Å². The van der Waals surface area contributed by atoms with Gasteiger partial charge in [-0.2, -0.15) is 0 Å². The Morgan fingerprint density at radius 2 is 1.44 bits per heavy atom. The topological polar surface area (TPSA) is 90.0 Å². The van der Waals surface area contributed by atoms with Crippen molar-refractivity contribution in [1.29, 1.82) is 0 Å². The van der Waals surface area contributed by atoms with Crippen molar-refractivity contribution in [2.45, 2.75) is 18.7 Å². The van der Waals surface area contributed by atoms with E-state index >= 15 is 0 Å². The molecule has 0 heterocycles. The Labute approximate surface area is 158 Å². The molecule has 144 valence electrons. The molecule has 0 saturated heterocycles. The maximum atomic E-state index is 12.9. The predicted octanol–water partition coefficient (Wildman–Crippen LogP) is 2.70. The summed E-state index contributed by atoms with van der Waals surface area (Å²) in [6.45, 7) is 3.72. The first-order valence-corrected chi connectivity index (χ1v) is 9.44. The number of anilines is 1. The summed E-state index contributed by atoms with van der Waals surface area (Å²) in [7, 11) is -0.120. The van der Waals surface area contributed by atoms with Gasteiger partial charge in [-0.1, -0.05) is 6.07 Å². The van der Waals surface area contributed by atoms with Crippen LogP contribution in [-0.4, -0.2) is 41.6 Å². The van der Waals surface area contributed by atoms with E-state index in [0.717, 1.165) is 15.4 Å². The highest BCUT2D eigenvalue weighted by atomic mass is 32.2. The maximum Gasteiger partial charge on any atom is 0.338 e. The van der Waals surface area contributed by atoms with Gasteiger partial charge in [0, 0.05) is 7.05 Å². The van der Waals surface area contributed by atoms with E-state index in [2.05, 4.69) is 4.74 Å². The van der Waals surface area contributed by atoms with Crippen molar-refractivity contribution in [2.24, 2.45) is 0 Å². The first-order valence-electron chi connectivity index (χ1n) is 8.00. The molecule has 0 N–H and O–H groups in total. The van der Waals surface area contributed by atoms with Crippen molar-refractivity contribution >= 4 is 27.6 Å². The number of ether oxygens (including phenoxy) is 2. The quantitative estimate of drug-likeness (QED) is 0.728. The van der Waals surface area contributed by atoms with Crippen LogP contribution in [0.5, 0.6) is 0 Å². The average molecular weight is 391 g/mol. The van der Waals surface area contributed by atoms with Gasteiger partial charge in [0.2, 0.25) is 0 Å². The fraction of sp³-hybridized carbons (Fsp3) is 0.263. The summed E-state index contributed by atoms with van der Waals surface area (Å²) in [5.74, 6) is -1.49. The Bertz CT molecular complexity index is 997. The number of sulfonamides is 1. The van der Waals surface area contributed by atoms with Gasteiger partial charge in [-0.05, 0) is 55.3 Å². The molecule has 2 aromatic carbocycles. The van der Waals surface area contributed by atoms with Gasteiger partial charge in [0.15, 0.2) is 0 Å². The number of rotatable bonds is 5. The number of nitrogens with zero attached hydrogens (tertiary/aromatic N) is 1. The Morgan fingerprint density at radius 1 is 0.852 bits per heavy atom. The Hall–Kier alpha value is -2.87. The smallest absolute Gasteiger partial charge is 0.338 e. The van der Waals surface area contributed by atoms with E-state index in [4.69, 9.17) is 4.74 Å². The van der Waals surface area contributed by atoms with Crippen molar-refractivity contribution in [3.05, 3.63) is 58.7 Å². The molecule has 0 fully saturated rings. The van der Waals surface area contributed by atoms with E-state index in [1.165, 1.54) is 45.5 Å². The lowest BCUT2D eigenvalue weighted by Crippen LogP contribution is -2.27. The molecule has 2 rings (SSSR count). The van der Waals surface area contributed by atoms with Gasteiger partial charge in [0.25, 0.3) is 10.0 Å². The molecule has 8 heteroatoms. The number of benzene rings is 2. The number of aryl methyl sites for hydroxylation is 2. The molecule has 0 atom stereocenters. The second-order valence-electron chi connectivity index (χ2n) is 5.93. The molecule has 0 saturated carbocycles. The van der Waals surface area contributed by atoms with Gasteiger partial charge in [-0.3, -0.25) is 4.31 Å². The molecule has 0 aliphatic carbocycles. The Morgan fingerprint density at radius 3 is 2.00 bits per heavy atom. The van der Waals surface area contributed by atoms with Gasteiger partial charge < -0.3 is 9.47 Å². The van der Waals surface area contributed by atoms with Gasteiger partial charge in [-0.15, -0.1) is 0 Å². The third-order valence-electron chi connectivity index (χ3n) is 4.31. The largest absolute Gasteiger partial charge is 0.465 e. The Balaban J connectivity index is 2.54. The molecule has 7 nitrogen and oxygen atoms in total. The van der Waals surface area contributed by atoms with Crippen LogP contribution in [0.1, 0.15) is 31.8 Å². The van der Waals surface area contributed by atoms with Gasteiger partial charge >= 0.3 is 11.9 Å². The monoisotopic (exact) mass is 391 g/mol. The van der Waals surface area contributed by atoms with Crippen LogP contribution in [0.15, 0.2) is 41.3 Å². The Kier molecular flexibility index (Phi) is 5.90. The highest BCUT2D eigenvalue weighted by molar-refractivity contribution is 7.92. The first kappa shape index (κ1) is 20.4. The lowest BCUT2D eigenvalue weighted by Gasteiger charge is -2.21. The number of hydrogen-bond donors (Lipinski definition) is 0. The normalized spacial score (nSPS) is 11.0. The zero-order valence-electron chi connectivity index (χ0n) is 15.8. The van der Waals surface area contributed by atoms with Gasteiger partial charge in [0.05, 0.1) is 35.9 Å². The van der Waals surface area contributed by atoms with Gasteiger partial charge in [-0.25, -0.2) is 18.0 Å².